The number of nitrogens with zero attached hydrogens (tertiary/aromatic N) is 1. The predicted octanol–water partition coefficient (Wildman–Crippen LogP) is 5.20. The molecule has 0 bridgehead atoms. The minimum atomic E-state index is -4.42. The van der Waals surface area contributed by atoms with Crippen LogP contribution in [0.25, 0.3) is 10.6 Å². The topological polar surface area (TPSA) is 56.3 Å². The summed E-state index contributed by atoms with van der Waals surface area (Å²) in [6, 6.07) is 4.71. The largest absolute Gasteiger partial charge is 0.416 e. The molecule has 0 saturated carbocycles. The first kappa shape index (κ1) is 21.6. The molecule has 2 heterocycles. The molecule has 0 spiro atoms. The van der Waals surface area contributed by atoms with Crippen molar-refractivity contribution in [3.63, 3.8) is 0 Å². The molecule has 1 aliphatic rings. The van der Waals surface area contributed by atoms with Crippen LogP contribution in [0, 0.1) is 0 Å². The van der Waals surface area contributed by atoms with Crippen LogP contribution >= 0.6 is 11.3 Å². The second-order valence-corrected chi connectivity index (χ2v) is 9.12. The van der Waals surface area contributed by atoms with Crippen LogP contribution < -0.4 is 0 Å². The van der Waals surface area contributed by atoms with E-state index < -0.39 is 28.9 Å². The number of ketones is 2. The van der Waals surface area contributed by atoms with E-state index in [1.807, 2.05) is 6.92 Å². The van der Waals surface area contributed by atoms with Crippen molar-refractivity contribution in [2.45, 2.75) is 64.3 Å². The molecule has 0 aliphatic carbocycles. The first-order valence-electron chi connectivity index (χ1n) is 9.24. The molecule has 4 nitrogen and oxygen atoms in total. The quantitative estimate of drug-likeness (QED) is 0.634. The fraction of sp³-hybridized carbons (Fsp3) is 0.476. The molecular weight excluding hydrogens is 403 g/mol. The SMILES string of the molecule is CCc1sc(-c2ccc(C(F)(F)F)cc2)nc1C1C(=O)C(C)(C)OC(C)(C)C1=O. The van der Waals surface area contributed by atoms with Crippen LogP contribution in [0.5, 0.6) is 0 Å². The lowest BCUT2D eigenvalue weighted by Gasteiger charge is -2.42. The van der Waals surface area contributed by atoms with Crippen LogP contribution in [0.4, 0.5) is 13.2 Å². The molecule has 0 radical (unpaired) electrons. The van der Waals surface area contributed by atoms with Crippen LogP contribution in [0.2, 0.25) is 0 Å². The number of ether oxygens (including phenoxy) is 1. The standard InChI is InChI=1S/C21H22F3NO3S/c1-6-13-15(14-16(26)19(2,3)28-20(4,5)17(14)27)25-18(29-13)11-7-9-12(10-8-11)21(22,23)24/h7-10,14H,6H2,1-5H3. The number of aromatic nitrogens is 1. The van der Waals surface area contributed by atoms with Gasteiger partial charge in [-0.15, -0.1) is 11.3 Å². The third-order valence-electron chi connectivity index (χ3n) is 5.00. The number of Topliss-reactive ketones (excluding diaryl/α,β-unsaturated/α-hetero) is 2. The van der Waals surface area contributed by atoms with Gasteiger partial charge in [0, 0.05) is 10.4 Å². The number of carbonyl (C=O) groups excluding carboxylic acids is 2. The fourth-order valence-electron chi connectivity index (χ4n) is 3.57. The molecule has 8 heteroatoms. The molecule has 3 rings (SSSR count). The summed E-state index contributed by atoms with van der Waals surface area (Å²) in [5, 5.41) is 0.480. The van der Waals surface area contributed by atoms with E-state index in [0.717, 1.165) is 17.0 Å². The van der Waals surface area contributed by atoms with Crippen molar-refractivity contribution >= 4 is 22.9 Å². The van der Waals surface area contributed by atoms with Gasteiger partial charge in [-0.1, -0.05) is 19.1 Å². The van der Waals surface area contributed by atoms with Crippen LogP contribution in [0.1, 0.15) is 56.7 Å². The number of halogens is 3. The number of benzene rings is 1. The highest BCUT2D eigenvalue weighted by Gasteiger charge is 2.54. The highest BCUT2D eigenvalue weighted by Crippen LogP contribution is 2.42. The summed E-state index contributed by atoms with van der Waals surface area (Å²) in [4.78, 5) is 31.3. The zero-order valence-corrected chi connectivity index (χ0v) is 17.6. The maximum atomic E-state index is 13.0. The van der Waals surface area contributed by atoms with E-state index in [4.69, 9.17) is 4.74 Å². The van der Waals surface area contributed by atoms with Crippen LogP contribution in [-0.2, 0) is 26.9 Å². The minimum absolute atomic E-state index is 0.360. The molecule has 1 aromatic carbocycles. The third-order valence-corrected chi connectivity index (χ3v) is 6.27. The van der Waals surface area contributed by atoms with Crippen molar-refractivity contribution < 1.29 is 27.5 Å². The number of rotatable bonds is 3. The van der Waals surface area contributed by atoms with Gasteiger partial charge in [-0.05, 0) is 46.2 Å². The highest BCUT2D eigenvalue weighted by molar-refractivity contribution is 7.15. The number of thiazole rings is 1. The Morgan fingerprint density at radius 1 is 1.03 bits per heavy atom. The number of aryl methyl sites for hydroxylation is 1. The van der Waals surface area contributed by atoms with Gasteiger partial charge in [-0.3, -0.25) is 9.59 Å². The molecule has 1 saturated heterocycles. The van der Waals surface area contributed by atoms with Gasteiger partial charge in [0.05, 0.1) is 11.3 Å². The van der Waals surface area contributed by atoms with Gasteiger partial charge in [0.25, 0.3) is 0 Å². The summed E-state index contributed by atoms with van der Waals surface area (Å²) in [6.07, 6.45) is -3.87. The van der Waals surface area contributed by atoms with E-state index in [9.17, 15) is 22.8 Å². The van der Waals surface area contributed by atoms with Gasteiger partial charge in [0.15, 0.2) is 11.6 Å². The van der Waals surface area contributed by atoms with Crippen LogP contribution in [0.15, 0.2) is 24.3 Å². The Labute approximate surface area is 171 Å². The lowest BCUT2D eigenvalue weighted by atomic mass is 9.76. The smallest absolute Gasteiger partial charge is 0.354 e. The molecule has 0 N–H and O–H groups in total. The van der Waals surface area contributed by atoms with E-state index >= 15 is 0 Å². The first-order chi connectivity index (χ1) is 13.3. The number of hydrogen-bond donors (Lipinski definition) is 0. The Bertz CT molecular complexity index is 933. The molecular formula is C21H22F3NO3S. The van der Waals surface area contributed by atoms with E-state index in [0.29, 0.717) is 22.7 Å². The predicted molar refractivity (Wildman–Crippen MR) is 104 cm³/mol. The second-order valence-electron chi connectivity index (χ2n) is 8.04. The molecule has 1 aliphatic heterocycles. The summed E-state index contributed by atoms with van der Waals surface area (Å²) in [5.41, 5.74) is -2.15. The average Bonchev–Trinajstić information content (AvgIpc) is 3.03. The fourth-order valence-corrected chi connectivity index (χ4v) is 4.61. The highest BCUT2D eigenvalue weighted by atomic mass is 32.1. The first-order valence-corrected chi connectivity index (χ1v) is 10.1. The van der Waals surface area contributed by atoms with Crippen molar-refractivity contribution in [2.75, 3.05) is 0 Å². The molecule has 0 amide bonds. The maximum absolute atomic E-state index is 13.0. The van der Waals surface area contributed by atoms with Gasteiger partial charge in [0.2, 0.25) is 0 Å². The molecule has 1 fully saturated rings. The van der Waals surface area contributed by atoms with Gasteiger partial charge < -0.3 is 4.74 Å². The Kier molecular flexibility index (Phi) is 5.24. The second kappa shape index (κ2) is 7.02. The van der Waals surface area contributed by atoms with Crippen molar-refractivity contribution in [1.82, 2.24) is 4.98 Å². The normalized spacial score (nSPS) is 19.6. The van der Waals surface area contributed by atoms with Gasteiger partial charge >= 0.3 is 6.18 Å². The van der Waals surface area contributed by atoms with E-state index in [1.165, 1.54) is 23.5 Å². The molecule has 0 unspecified atom stereocenters. The van der Waals surface area contributed by atoms with Crippen molar-refractivity contribution in [2.24, 2.45) is 0 Å². The lowest BCUT2D eigenvalue weighted by Crippen LogP contribution is -2.58. The Balaban J connectivity index is 2.06. The van der Waals surface area contributed by atoms with Gasteiger partial charge in [-0.2, -0.15) is 13.2 Å². The maximum Gasteiger partial charge on any atom is 0.416 e. The number of alkyl halides is 3. The third kappa shape index (κ3) is 3.88. The van der Waals surface area contributed by atoms with Gasteiger partial charge in [-0.25, -0.2) is 4.98 Å². The number of hydrogen-bond acceptors (Lipinski definition) is 5. The summed E-state index contributed by atoms with van der Waals surface area (Å²) >= 11 is 1.29. The molecule has 156 valence electrons. The van der Waals surface area contributed by atoms with Crippen molar-refractivity contribution in [1.29, 1.82) is 0 Å². The Hall–Kier alpha value is -2.06. The van der Waals surface area contributed by atoms with Gasteiger partial charge in [0.1, 0.15) is 22.1 Å². The summed E-state index contributed by atoms with van der Waals surface area (Å²) in [5.74, 6) is -1.77. The average molecular weight is 425 g/mol. The Morgan fingerprint density at radius 2 is 1.55 bits per heavy atom. The van der Waals surface area contributed by atoms with Crippen LogP contribution in [-0.4, -0.2) is 27.8 Å². The molecule has 29 heavy (non-hydrogen) atoms. The summed E-state index contributed by atoms with van der Waals surface area (Å²) < 4.78 is 44.2. The van der Waals surface area contributed by atoms with E-state index in [1.54, 1.807) is 27.7 Å². The van der Waals surface area contributed by atoms with Crippen molar-refractivity contribution in [3.8, 4) is 10.6 Å². The summed E-state index contributed by atoms with van der Waals surface area (Å²) in [6.45, 7) is 8.41. The molecule has 1 aromatic heterocycles. The lowest BCUT2D eigenvalue weighted by molar-refractivity contribution is -0.184. The van der Waals surface area contributed by atoms with Crippen molar-refractivity contribution in [3.05, 3.63) is 40.4 Å². The number of carbonyl (C=O) groups is 2. The van der Waals surface area contributed by atoms with Crippen LogP contribution in [0.3, 0.4) is 0 Å². The summed E-state index contributed by atoms with van der Waals surface area (Å²) in [7, 11) is 0. The van der Waals surface area contributed by atoms with E-state index in [-0.39, 0.29) is 11.6 Å². The Morgan fingerprint density at radius 3 is 2.00 bits per heavy atom. The molecule has 0 atom stereocenters. The minimum Gasteiger partial charge on any atom is -0.354 e. The monoisotopic (exact) mass is 425 g/mol. The zero-order valence-electron chi connectivity index (χ0n) is 16.8. The van der Waals surface area contributed by atoms with E-state index in [2.05, 4.69) is 4.98 Å². The zero-order chi connectivity index (χ0) is 21.8. The molecule has 2 aromatic rings.